The van der Waals surface area contributed by atoms with Gasteiger partial charge in [0.2, 0.25) is 5.82 Å². The Balaban J connectivity index is 2.25. The van der Waals surface area contributed by atoms with Crippen molar-refractivity contribution in [2.45, 2.75) is 13.0 Å². The van der Waals surface area contributed by atoms with Crippen molar-refractivity contribution in [3.8, 4) is 11.4 Å². The van der Waals surface area contributed by atoms with Crippen molar-refractivity contribution >= 4 is 5.97 Å². The number of ether oxygens (including phenoxy) is 1. The Morgan fingerprint density at radius 2 is 2.06 bits per heavy atom. The van der Waals surface area contributed by atoms with Crippen molar-refractivity contribution in [1.29, 1.82) is 0 Å². The van der Waals surface area contributed by atoms with Gasteiger partial charge in [-0.25, -0.2) is 4.79 Å². The first-order valence-corrected chi connectivity index (χ1v) is 5.15. The Morgan fingerprint density at radius 1 is 1.35 bits per heavy atom. The molecule has 0 aliphatic heterocycles. The Bertz CT molecular complexity index is 509. The van der Waals surface area contributed by atoms with Crippen LogP contribution in [-0.4, -0.2) is 33.3 Å². The topological polar surface area (TPSA) is 69.9 Å². The van der Waals surface area contributed by atoms with E-state index in [1.807, 2.05) is 30.3 Å². The maximum Gasteiger partial charge on any atom is 0.332 e. The van der Waals surface area contributed by atoms with E-state index in [1.54, 1.807) is 6.92 Å². The molecule has 1 aromatic carbocycles. The third-order valence-electron chi connectivity index (χ3n) is 2.35. The Hall–Kier alpha value is -2.24. The highest BCUT2D eigenvalue weighted by molar-refractivity contribution is 5.73. The van der Waals surface area contributed by atoms with E-state index in [9.17, 15) is 4.79 Å². The predicted octanol–water partition coefficient (Wildman–Crippen LogP) is 1.07. The minimum Gasteiger partial charge on any atom is -0.467 e. The van der Waals surface area contributed by atoms with E-state index in [1.165, 1.54) is 11.9 Å². The summed E-state index contributed by atoms with van der Waals surface area (Å²) in [5.74, 6) is 0.0864. The van der Waals surface area contributed by atoms with Gasteiger partial charge in [0, 0.05) is 5.56 Å². The summed E-state index contributed by atoms with van der Waals surface area (Å²) in [5.41, 5.74) is 0.857. The molecule has 6 heteroatoms. The van der Waals surface area contributed by atoms with Crippen LogP contribution in [0.3, 0.4) is 0 Å². The van der Waals surface area contributed by atoms with Crippen LogP contribution in [0.5, 0.6) is 0 Å². The average Bonchev–Trinajstić information content (AvgIpc) is 2.87. The number of carbonyl (C=O) groups excluding carboxylic acids is 1. The van der Waals surface area contributed by atoms with Gasteiger partial charge in [-0.15, -0.1) is 15.0 Å². The first kappa shape index (κ1) is 11.3. The molecule has 0 aliphatic rings. The van der Waals surface area contributed by atoms with E-state index in [0.717, 1.165) is 5.56 Å². The number of benzene rings is 1. The van der Waals surface area contributed by atoms with Crippen LogP contribution in [0.25, 0.3) is 11.4 Å². The van der Waals surface area contributed by atoms with Crippen LogP contribution in [0.15, 0.2) is 30.3 Å². The first-order valence-electron chi connectivity index (χ1n) is 5.15. The number of esters is 1. The molecule has 2 aromatic rings. The minimum atomic E-state index is -0.579. The molecule has 0 N–H and O–H groups in total. The van der Waals surface area contributed by atoms with Crippen LogP contribution in [0.1, 0.15) is 13.0 Å². The number of aromatic nitrogens is 4. The molecule has 6 nitrogen and oxygen atoms in total. The highest BCUT2D eigenvalue weighted by Crippen LogP contribution is 2.13. The number of tetrazole rings is 1. The van der Waals surface area contributed by atoms with E-state index in [2.05, 4.69) is 20.1 Å². The number of methoxy groups -OCH3 is 1. The van der Waals surface area contributed by atoms with Gasteiger partial charge in [0.05, 0.1) is 7.11 Å². The molecule has 88 valence electrons. The molecule has 1 atom stereocenters. The molecule has 0 radical (unpaired) electrons. The molecule has 0 unspecified atom stereocenters. The van der Waals surface area contributed by atoms with E-state index >= 15 is 0 Å². The summed E-state index contributed by atoms with van der Waals surface area (Å²) < 4.78 is 4.61. The molecule has 1 heterocycles. The smallest absolute Gasteiger partial charge is 0.332 e. The number of carbonyl (C=O) groups is 1. The zero-order chi connectivity index (χ0) is 12.3. The second-order valence-electron chi connectivity index (χ2n) is 3.50. The summed E-state index contributed by atoms with van der Waals surface area (Å²) >= 11 is 0. The standard InChI is InChI=1S/C11H12N4O2/c1-8(11(16)17-2)15-13-10(12-14-15)9-6-4-3-5-7-9/h3-8H,1-2H3/t8-/m1/s1. The van der Waals surface area contributed by atoms with Crippen LogP contribution in [0.2, 0.25) is 0 Å². The third-order valence-corrected chi connectivity index (χ3v) is 2.35. The van der Waals surface area contributed by atoms with Crippen molar-refractivity contribution in [1.82, 2.24) is 20.2 Å². The van der Waals surface area contributed by atoms with Crippen LogP contribution in [0, 0.1) is 0 Å². The normalized spacial score (nSPS) is 12.1. The van der Waals surface area contributed by atoms with Crippen molar-refractivity contribution < 1.29 is 9.53 Å². The highest BCUT2D eigenvalue weighted by Gasteiger charge is 2.18. The maximum absolute atomic E-state index is 11.3. The fourth-order valence-electron chi connectivity index (χ4n) is 1.36. The Morgan fingerprint density at radius 3 is 2.71 bits per heavy atom. The zero-order valence-corrected chi connectivity index (χ0v) is 9.57. The van der Waals surface area contributed by atoms with Gasteiger partial charge in [0.15, 0.2) is 6.04 Å². The lowest BCUT2D eigenvalue weighted by Crippen LogP contribution is -2.20. The third kappa shape index (κ3) is 2.30. The molecular formula is C11H12N4O2. The molecule has 0 saturated carbocycles. The van der Waals surface area contributed by atoms with Crippen molar-refractivity contribution in [3.63, 3.8) is 0 Å². The molecule has 2 rings (SSSR count). The monoisotopic (exact) mass is 232 g/mol. The summed E-state index contributed by atoms with van der Waals surface area (Å²) in [7, 11) is 1.33. The van der Waals surface area contributed by atoms with Gasteiger partial charge in [-0.05, 0) is 12.1 Å². The highest BCUT2D eigenvalue weighted by atomic mass is 16.5. The van der Waals surface area contributed by atoms with Gasteiger partial charge in [-0.2, -0.15) is 0 Å². The van der Waals surface area contributed by atoms with Gasteiger partial charge < -0.3 is 4.74 Å². The SMILES string of the molecule is COC(=O)[C@@H](C)n1nnc(-c2ccccc2)n1. The number of rotatable bonds is 3. The molecule has 0 fully saturated rings. The molecular weight excluding hydrogens is 220 g/mol. The molecule has 0 saturated heterocycles. The average molecular weight is 232 g/mol. The van der Waals surface area contributed by atoms with Gasteiger partial charge in [-0.1, -0.05) is 30.3 Å². The van der Waals surface area contributed by atoms with Gasteiger partial charge in [0.1, 0.15) is 0 Å². The van der Waals surface area contributed by atoms with Crippen LogP contribution in [-0.2, 0) is 9.53 Å². The Kier molecular flexibility index (Phi) is 3.13. The number of hydrogen-bond acceptors (Lipinski definition) is 5. The summed E-state index contributed by atoms with van der Waals surface area (Å²) in [6.07, 6.45) is 0. The largest absolute Gasteiger partial charge is 0.467 e. The van der Waals surface area contributed by atoms with Crippen LogP contribution >= 0.6 is 0 Å². The van der Waals surface area contributed by atoms with Crippen LogP contribution in [0.4, 0.5) is 0 Å². The molecule has 0 spiro atoms. The van der Waals surface area contributed by atoms with Crippen LogP contribution < -0.4 is 0 Å². The van der Waals surface area contributed by atoms with Crippen molar-refractivity contribution in [2.75, 3.05) is 7.11 Å². The lowest BCUT2D eigenvalue weighted by molar-refractivity contribution is -0.144. The summed E-state index contributed by atoms with van der Waals surface area (Å²) in [6, 6.07) is 8.86. The second-order valence-corrected chi connectivity index (χ2v) is 3.50. The quantitative estimate of drug-likeness (QED) is 0.740. The van der Waals surface area contributed by atoms with E-state index in [-0.39, 0.29) is 0 Å². The van der Waals surface area contributed by atoms with E-state index in [0.29, 0.717) is 5.82 Å². The lowest BCUT2D eigenvalue weighted by Gasteiger charge is -2.05. The van der Waals surface area contributed by atoms with E-state index in [4.69, 9.17) is 0 Å². The molecule has 17 heavy (non-hydrogen) atoms. The summed E-state index contributed by atoms with van der Waals surface area (Å²) in [5, 5.41) is 11.9. The molecule has 0 amide bonds. The van der Waals surface area contributed by atoms with Gasteiger partial charge in [-0.3, -0.25) is 0 Å². The fraction of sp³-hybridized carbons (Fsp3) is 0.273. The molecule has 1 aromatic heterocycles. The predicted molar refractivity (Wildman–Crippen MR) is 60.0 cm³/mol. The van der Waals surface area contributed by atoms with Gasteiger partial charge >= 0.3 is 5.97 Å². The minimum absolute atomic E-state index is 0.401. The fourth-order valence-corrected chi connectivity index (χ4v) is 1.36. The van der Waals surface area contributed by atoms with Crippen molar-refractivity contribution in [2.24, 2.45) is 0 Å². The van der Waals surface area contributed by atoms with Gasteiger partial charge in [0.25, 0.3) is 0 Å². The maximum atomic E-state index is 11.3. The Labute approximate surface area is 98.2 Å². The second kappa shape index (κ2) is 4.73. The summed E-state index contributed by atoms with van der Waals surface area (Å²) in [4.78, 5) is 12.6. The molecule has 0 aliphatic carbocycles. The first-order chi connectivity index (χ1) is 8.22. The molecule has 0 bridgehead atoms. The zero-order valence-electron chi connectivity index (χ0n) is 9.57. The lowest BCUT2D eigenvalue weighted by atomic mass is 10.2. The van der Waals surface area contributed by atoms with Crippen molar-refractivity contribution in [3.05, 3.63) is 30.3 Å². The summed E-state index contributed by atoms with van der Waals surface area (Å²) in [6.45, 7) is 1.66. The number of hydrogen-bond donors (Lipinski definition) is 0. The number of nitrogens with zero attached hydrogens (tertiary/aromatic N) is 4. The van der Waals surface area contributed by atoms with E-state index < -0.39 is 12.0 Å².